The van der Waals surface area contributed by atoms with Gasteiger partial charge in [-0.25, -0.2) is 9.79 Å². The Morgan fingerprint density at radius 1 is 1.30 bits per heavy atom. The number of benzene rings is 2. The van der Waals surface area contributed by atoms with Gasteiger partial charge in [0.1, 0.15) is 0 Å². The van der Waals surface area contributed by atoms with E-state index in [1.54, 1.807) is 32.1 Å². The van der Waals surface area contributed by atoms with Gasteiger partial charge in [0, 0.05) is 0 Å². The fourth-order valence-electron chi connectivity index (χ4n) is 3.73. The van der Waals surface area contributed by atoms with Gasteiger partial charge in [-0.05, 0) is 59.1 Å². The second kappa shape index (κ2) is 9.36. The first-order valence-corrected chi connectivity index (χ1v) is 11.8. The van der Waals surface area contributed by atoms with Crippen LogP contribution in [0.3, 0.4) is 0 Å². The zero-order valence-electron chi connectivity index (χ0n) is 18.2. The summed E-state index contributed by atoms with van der Waals surface area (Å²) in [6, 6.07) is 12.0. The molecular weight excluding hydrogens is 508 g/mol. The molecule has 2 heterocycles. The number of carbonyl (C=O) groups excluding carboxylic acids is 1. The minimum atomic E-state index is -0.648. The van der Waals surface area contributed by atoms with Gasteiger partial charge in [0.2, 0.25) is 0 Å². The van der Waals surface area contributed by atoms with Gasteiger partial charge in [-0.3, -0.25) is 9.36 Å². The van der Waals surface area contributed by atoms with Gasteiger partial charge < -0.3 is 14.6 Å². The second-order valence-electron chi connectivity index (χ2n) is 7.27. The lowest BCUT2D eigenvalue weighted by Gasteiger charge is -2.24. The Hall–Kier alpha value is -3.17. The van der Waals surface area contributed by atoms with Gasteiger partial charge in [0.15, 0.2) is 16.3 Å². The van der Waals surface area contributed by atoms with Crippen molar-refractivity contribution in [3.05, 3.63) is 89.0 Å². The van der Waals surface area contributed by atoms with Crippen molar-refractivity contribution in [2.45, 2.75) is 19.9 Å². The number of hydrogen-bond donors (Lipinski definition) is 1. The maximum atomic E-state index is 13.6. The predicted molar refractivity (Wildman–Crippen MR) is 129 cm³/mol. The Morgan fingerprint density at radius 3 is 2.70 bits per heavy atom. The molecule has 0 bridgehead atoms. The summed E-state index contributed by atoms with van der Waals surface area (Å²) in [4.78, 5) is 31.5. The summed E-state index contributed by atoms with van der Waals surface area (Å²) >= 11 is 4.54. The third-order valence-electron chi connectivity index (χ3n) is 5.20. The highest BCUT2D eigenvalue weighted by Gasteiger charge is 2.33. The third kappa shape index (κ3) is 4.26. The number of aromatic hydroxyl groups is 1. The number of esters is 1. The topological polar surface area (TPSA) is 90.1 Å². The van der Waals surface area contributed by atoms with Crippen LogP contribution in [0.2, 0.25) is 0 Å². The Bertz CT molecular complexity index is 1440. The molecule has 1 aliphatic heterocycles. The molecule has 1 aliphatic rings. The highest BCUT2D eigenvalue weighted by atomic mass is 79.9. The molecule has 33 heavy (non-hydrogen) atoms. The van der Waals surface area contributed by atoms with Gasteiger partial charge >= 0.3 is 5.97 Å². The second-order valence-corrected chi connectivity index (χ2v) is 9.13. The summed E-state index contributed by atoms with van der Waals surface area (Å²) in [5.74, 6) is -0.227. The maximum absolute atomic E-state index is 13.6. The van der Waals surface area contributed by atoms with E-state index in [0.717, 1.165) is 5.56 Å². The zero-order chi connectivity index (χ0) is 23.7. The van der Waals surface area contributed by atoms with Crippen molar-refractivity contribution in [3.63, 3.8) is 0 Å². The molecule has 1 N–H and O–H groups in total. The monoisotopic (exact) mass is 528 g/mol. The van der Waals surface area contributed by atoms with Crippen LogP contribution in [0.15, 0.2) is 68.0 Å². The smallest absolute Gasteiger partial charge is 0.338 e. The quantitative estimate of drug-likeness (QED) is 0.513. The number of hydrogen-bond acceptors (Lipinski definition) is 7. The number of ether oxygens (including phenoxy) is 2. The van der Waals surface area contributed by atoms with Crippen LogP contribution in [0.25, 0.3) is 6.08 Å². The van der Waals surface area contributed by atoms with Gasteiger partial charge in [-0.2, -0.15) is 0 Å². The van der Waals surface area contributed by atoms with Crippen molar-refractivity contribution in [1.82, 2.24) is 4.57 Å². The van der Waals surface area contributed by atoms with Crippen molar-refractivity contribution in [2.75, 3.05) is 13.7 Å². The number of allylic oxidation sites excluding steroid dienone is 1. The summed E-state index contributed by atoms with van der Waals surface area (Å²) in [6.45, 7) is 3.71. The molecule has 0 saturated heterocycles. The molecule has 1 unspecified atom stereocenters. The zero-order valence-corrected chi connectivity index (χ0v) is 20.6. The number of halogens is 1. The number of nitrogens with zero attached hydrogens (tertiary/aromatic N) is 2. The van der Waals surface area contributed by atoms with Gasteiger partial charge in [0.25, 0.3) is 5.56 Å². The summed E-state index contributed by atoms with van der Waals surface area (Å²) in [7, 11) is 1.46. The first-order chi connectivity index (χ1) is 15.8. The Labute approximate surface area is 202 Å². The normalized spacial score (nSPS) is 15.8. The molecule has 0 aliphatic carbocycles. The Kier molecular flexibility index (Phi) is 6.53. The number of methoxy groups -OCH3 is 1. The largest absolute Gasteiger partial charge is 0.503 e. The SMILES string of the molecule is CCOC(=O)C1=C(C)N=c2s/c(=C\c3cc(Br)c(O)c(OC)c3)c(=O)n2C1c1ccccc1. The van der Waals surface area contributed by atoms with Crippen LogP contribution in [0.1, 0.15) is 31.0 Å². The van der Waals surface area contributed by atoms with Gasteiger partial charge in [-0.1, -0.05) is 41.7 Å². The van der Waals surface area contributed by atoms with Crippen molar-refractivity contribution in [2.24, 2.45) is 4.99 Å². The number of rotatable bonds is 5. The molecule has 0 saturated carbocycles. The van der Waals surface area contributed by atoms with Crippen LogP contribution in [-0.2, 0) is 9.53 Å². The number of fused-ring (bicyclic) bond motifs is 1. The van der Waals surface area contributed by atoms with E-state index in [2.05, 4.69) is 20.9 Å². The molecule has 3 aromatic rings. The molecule has 0 fully saturated rings. The highest BCUT2D eigenvalue weighted by molar-refractivity contribution is 9.10. The summed E-state index contributed by atoms with van der Waals surface area (Å²) in [5, 5.41) is 10.1. The molecular formula is C24H21BrN2O5S. The fourth-order valence-corrected chi connectivity index (χ4v) is 5.23. The van der Waals surface area contributed by atoms with E-state index < -0.39 is 12.0 Å². The summed E-state index contributed by atoms with van der Waals surface area (Å²) in [6.07, 6.45) is 1.71. The van der Waals surface area contributed by atoms with Crippen LogP contribution >= 0.6 is 27.3 Å². The molecule has 1 atom stereocenters. The minimum Gasteiger partial charge on any atom is -0.503 e. The maximum Gasteiger partial charge on any atom is 0.338 e. The average molecular weight is 529 g/mol. The molecule has 0 amide bonds. The predicted octanol–water partition coefficient (Wildman–Crippen LogP) is 3.28. The van der Waals surface area contributed by atoms with Crippen LogP contribution < -0.4 is 19.6 Å². The van der Waals surface area contributed by atoms with E-state index >= 15 is 0 Å². The third-order valence-corrected chi connectivity index (χ3v) is 6.79. The number of aromatic nitrogens is 1. The highest BCUT2D eigenvalue weighted by Crippen LogP contribution is 2.35. The molecule has 9 heteroatoms. The lowest BCUT2D eigenvalue weighted by atomic mass is 9.96. The van der Waals surface area contributed by atoms with Crippen molar-refractivity contribution >= 4 is 39.3 Å². The summed E-state index contributed by atoms with van der Waals surface area (Å²) < 4.78 is 12.9. The van der Waals surface area contributed by atoms with E-state index in [9.17, 15) is 14.7 Å². The fraction of sp³-hybridized carbons (Fsp3) is 0.208. The first-order valence-electron chi connectivity index (χ1n) is 10.2. The summed E-state index contributed by atoms with van der Waals surface area (Å²) in [5.41, 5.74) is 2.04. The molecule has 2 aromatic carbocycles. The van der Waals surface area contributed by atoms with Crippen LogP contribution in [-0.4, -0.2) is 29.4 Å². The molecule has 1 aromatic heterocycles. The van der Waals surface area contributed by atoms with Crippen LogP contribution in [0, 0.1) is 0 Å². The number of phenols is 1. The molecule has 0 radical (unpaired) electrons. The van der Waals surface area contributed by atoms with Crippen molar-refractivity contribution in [3.8, 4) is 11.5 Å². The van der Waals surface area contributed by atoms with E-state index in [0.29, 0.717) is 30.6 Å². The Balaban J connectivity index is 1.95. The molecule has 7 nitrogen and oxygen atoms in total. The lowest BCUT2D eigenvalue weighted by Crippen LogP contribution is -2.39. The van der Waals surface area contributed by atoms with Crippen molar-refractivity contribution in [1.29, 1.82) is 0 Å². The van der Waals surface area contributed by atoms with Crippen LogP contribution in [0.5, 0.6) is 11.5 Å². The van der Waals surface area contributed by atoms with E-state index in [-0.39, 0.29) is 23.7 Å². The van der Waals surface area contributed by atoms with Gasteiger partial charge in [0.05, 0.1) is 40.0 Å². The van der Waals surface area contributed by atoms with Gasteiger partial charge in [-0.15, -0.1) is 0 Å². The standard InChI is InChI=1S/C24H21BrN2O5S/c1-4-32-23(30)19-13(2)26-24-27(20(19)15-8-6-5-7-9-15)22(29)18(33-24)12-14-10-16(25)21(28)17(11-14)31-3/h5-12,20,28H,4H2,1-3H3/b18-12-. The van der Waals surface area contributed by atoms with Crippen LogP contribution in [0.4, 0.5) is 0 Å². The molecule has 4 rings (SSSR count). The minimum absolute atomic E-state index is 0.0186. The van der Waals surface area contributed by atoms with E-state index in [4.69, 9.17) is 9.47 Å². The molecule has 170 valence electrons. The number of carbonyl (C=O) groups is 1. The number of thiazole rings is 1. The average Bonchev–Trinajstić information content (AvgIpc) is 3.10. The van der Waals surface area contributed by atoms with Crippen molar-refractivity contribution < 1.29 is 19.4 Å². The lowest BCUT2D eigenvalue weighted by molar-refractivity contribution is -0.139. The Morgan fingerprint density at radius 2 is 2.03 bits per heavy atom. The molecule has 0 spiro atoms. The number of phenolic OH excluding ortho intramolecular Hbond substituents is 1. The van der Waals surface area contributed by atoms with E-state index in [1.165, 1.54) is 23.0 Å². The van der Waals surface area contributed by atoms with E-state index in [1.807, 2.05) is 30.3 Å². The first kappa shape index (κ1) is 23.0.